The van der Waals surface area contributed by atoms with Crippen LogP contribution in [0.25, 0.3) is 0 Å². The number of rotatable bonds is 60. The van der Waals surface area contributed by atoms with Crippen LogP contribution in [0.5, 0.6) is 0 Å². The Balaban J connectivity index is -0.000000135. The maximum Gasteiger partial charge on any atom is 0.303 e. The fourth-order valence-corrected chi connectivity index (χ4v) is 8.29. The Bertz CT molecular complexity index is 1120. The maximum atomic E-state index is 10.3. The van der Waals surface area contributed by atoms with Gasteiger partial charge in [-0.3, -0.25) is 14.4 Å². The maximum absolute atomic E-state index is 10.3. The second-order valence-corrected chi connectivity index (χ2v) is 24.4. The molecule has 21 N–H and O–H groups in total. The van der Waals surface area contributed by atoms with Crippen LogP contribution in [0.4, 0.5) is 0 Å². The lowest BCUT2D eigenvalue weighted by atomic mass is 10.0. The van der Waals surface area contributed by atoms with Crippen molar-refractivity contribution in [2.45, 2.75) is 366 Å². The van der Waals surface area contributed by atoms with Crippen molar-refractivity contribution in [1.29, 1.82) is 0 Å². The Kier molecular flexibility index (Phi) is 127. The van der Waals surface area contributed by atoms with Crippen LogP contribution in [0.3, 0.4) is 0 Å². The van der Waals surface area contributed by atoms with Crippen molar-refractivity contribution in [3.05, 3.63) is 0 Å². The van der Waals surface area contributed by atoms with Crippen LogP contribution < -0.4 is 0 Å². The summed E-state index contributed by atoms with van der Waals surface area (Å²) in [7, 11) is 0. The van der Waals surface area contributed by atoms with Gasteiger partial charge in [0.1, 0.15) is 36.6 Å². The highest BCUT2D eigenvalue weighted by atomic mass is 16.4. The molecule has 24 nitrogen and oxygen atoms in total. The number of aliphatic hydroxyl groups is 18. The molecule has 0 radical (unpaired) electrons. The summed E-state index contributed by atoms with van der Waals surface area (Å²) < 4.78 is 0. The van der Waals surface area contributed by atoms with E-state index in [2.05, 4.69) is 20.8 Å². The molecule has 588 valence electrons. The van der Waals surface area contributed by atoms with E-state index in [4.69, 9.17) is 107 Å². The van der Waals surface area contributed by atoms with Crippen molar-refractivity contribution in [3.63, 3.8) is 0 Å². The van der Waals surface area contributed by atoms with E-state index in [0.717, 1.165) is 38.5 Å². The zero-order valence-corrected chi connectivity index (χ0v) is 61.0. The number of hydrogen-bond donors (Lipinski definition) is 21. The topological polar surface area (TPSA) is 476 Å². The van der Waals surface area contributed by atoms with Gasteiger partial charge < -0.3 is 107 Å². The number of carbonyl (C=O) groups is 3. The molecule has 0 aliphatic rings. The molecular weight excluding hydrogens is 1250 g/mol. The molecule has 0 heterocycles. The van der Waals surface area contributed by atoms with E-state index >= 15 is 0 Å². The van der Waals surface area contributed by atoms with Crippen molar-refractivity contribution in [3.8, 4) is 0 Å². The van der Waals surface area contributed by atoms with E-state index in [1.807, 2.05) is 0 Å². The molecule has 0 unspecified atom stereocenters. The Labute approximate surface area is 582 Å². The molecule has 0 amide bonds. The monoisotopic (exact) mass is 1410 g/mol. The quantitative estimate of drug-likeness (QED) is 0.0252. The molecule has 0 aliphatic heterocycles. The van der Waals surface area contributed by atoms with Crippen LogP contribution in [0.1, 0.15) is 329 Å². The van der Waals surface area contributed by atoms with Crippen LogP contribution in [0, 0.1) is 0 Å². The largest absolute Gasteiger partial charge is 0.481 e. The smallest absolute Gasteiger partial charge is 0.303 e. The van der Waals surface area contributed by atoms with Gasteiger partial charge in [-0.15, -0.1) is 0 Å². The molecule has 0 aliphatic carbocycles. The SMILES string of the molecule is CCCCCCCCCCCCCCCCCC(=O)O.CCCCCCCCCCCCCCCCCC(=O)O.CCCCCCCCCCCCCCCCCC(=O)O.OCC(O)CO.OCC(O)CO.OCC(O)CO.OCC(O)CO.OCC(O)CO.OCC(O)CO. The lowest BCUT2D eigenvalue weighted by Crippen LogP contribution is -2.15. The predicted octanol–water partition coefficient (Wildman–Crippen LogP) is 8.99. The fourth-order valence-electron chi connectivity index (χ4n) is 8.29. The summed E-state index contributed by atoms with van der Waals surface area (Å²) in [6.45, 7) is 2.44. The second kappa shape index (κ2) is 109. The van der Waals surface area contributed by atoms with Crippen LogP contribution in [-0.4, -0.2) is 241 Å². The van der Waals surface area contributed by atoms with Gasteiger partial charge in [0.2, 0.25) is 0 Å². The van der Waals surface area contributed by atoms with Gasteiger partial charge in [-0.1, -0.05) is 290 Å². The molecule has 0 aromatic carbocycles. The fraction of sp³-hybridized carbons (Fsp3) is 0.958. The highest BCUT2D eigenvalue weighted by Crippen LogP contribution is 2.17. The van der Waals surface area contributed by atoms with Gasteiger partial charge in [-0.2, -0.15) is 0 Å². The molecule has 0 aromatic rings. The Morgan fingerprint density at radius 2 is 0.260 bits per heavy atom. The standard InChI is InChI=1S/3C18H36O2.6C3H8O3/c3*1-2-3-4-5-6-7-8-9-10-11-12-13-14-15-16-17-18(19)20;6*4-1-3(6)2-5/h3*2-17H2,1H3,(H,19,20);6*3-6H,1-2H2. The minimum atomic E-state index is -0.954. The summed E-state index contributed by atoms with van der Waals surface area (Å²) in [5.41, 5.74) is 0. The van der Waals surface area contributed by atoms with E-state index in [0.29, 0.717) is 19.3 Å². The van der Waals surface area contributed by atoms with Crippen LogP contribution in [-0.2, 0) is 14.4 Å². The first kappa shape index (κ1) is 112. The normalized spacial score (nSPS) is 10.5. The Hall–Kier alpha value is -2.31. The predicted molar refractivity (Wildman–Crippen MR) is 383 cm³/mol. The van der Waals surface area contributed by atoms with Gasteiger partial charge in [0, 0.05) is 19.3 Å². The number of carboxylic acid groups (broad SMARTS) is 3. The molecule has 0 aromatic heterocycles. The third-order valence-electron chi connectivity index (χ3n) is 14.5. The average molecular weight is 1410 g/mol. The van der Waals surface area contributed by atoms with Gasteiger partial charge in [0.05, 0.1) is 79.3 Å². The lowest BCUT2D eigenvalue weighted by Gasteiger charge is -2.03. The van der Waals surface area contributed by atoms with Gasteiger partial charge >= 0.3 is 17.9 Å². The van der Waals surface area contributed by atoms with Crippen molar-refractivity contribution in [2.75, 3.05) is 79.3 Å². The van der Waals surface area contributed by atoms with Crippen LogP contribution in [0.15, 0.2) is 0 Å². The lowest BCUT2D eigenvalue weighted by molar-refractivity contribution is -0.138. The third kappa shape index (κ3) is 143. The molecule has 96 heavy (non-hydrogen) atoms. The average Bonchev–Trinajstić information content (AvgIpc) is 3.60. The molecule has 24 heteroatoms. The van der Waals surface area contributed by atoms with E-state index in [9.17, 15) is 14.4 Å². The Morgan fingerprint density at radius 1 is 0.177 bits per heavy atom. The number of carboxylic acids is 3. The first-order valence-corrected chi connectivity index (χ1v) is 37.2. The van der Waals surface area contributed by atoms with E-state index in [-0.39, 0.29) is 79.3 Å². The van der Waals surface area contributed by atoms with Gasteiger partial charge in [-0.25, -0.2) is 0 Å². The molecule has 0 rings (SSSR count). The summed E-state index contributed by atoms with van der Waals surface area (Å²) in [6, 6.07) is 0. The summed E-state index contributed by atoms with van der Waals surface area (Å²) in [5.74, 6) is -1.96. The highest BCUT2D eigenvalue weighted by molar-refractivity contribution is 5.67. The van der Waals surface area contributed by atoms with E-state index in [1.54, 1.807) is 0 Å². The molecule has 0 fully saturated rings. The summed E-state index contributed by atoms with van der Waals surface area (Å²) in [6.07, 6.45) is 54.9. The molecular formula is C72H156O24. The second-order valence-electron chi connectivity index (χ2n) is 24.4. The summed E-state index contributed by atoms with van der Waals surface area (Å²) >= 11 is 0. The third-order valence-corrected chi connectivity index (χ3v) is 14.5. The van der Waals surface area contributed by atoms with Gasteiger partial charge in [0.25, 0.3) is 0 Å². The summed E-state index contributed by atoms with van der Waals surface area (Å²) in [5, 5.41) is 170. The van der Waals surface area contributed by atoms with Crippen molar-refractivity contribution < 1.29 is 122 Å². The highest BCUT2D eigenvalue weighted by Gasteiger charge is 2.02. The molecule has 0 saturated heterocycles. The first-order valence-electron chi connectivity index (χ1n) is 37.2. The van der Waals surface area contributed by atoms with Crippen LogP contribution >= 0.6 is 0 Å². The number of hydrogen-bond acceptors (Lipinski definition) is 21. The zero-order chi connectivity index (χ0) is 74.6. The van der Waals surface area contributed by atoms with Gasteiger partial charge in [0.15, 0.2) is 0 Å². The number of unbranched alkanes of at least 4 members (excludes halogenated alkanes) is 42. The van der Waals surface area contributed by atoms with Crippen molar-refractivity contribution in [1.82, 2.24) is 0 Å². The zero-order valence-electron chi connectivity index (χ0n) is 61.0. The molecule has 0 bridgehead atoms. The van der Waals surface area contributed by atoms with E-state index < -0.39 is 54.5 Å². The van der Waals surface area contributed by atoms with Crippen molar-refractivity contribution in [2.24, 2.45) is 0 Å². The van der Waals surface area contributed by atoms with E-state index in [1.165, 1.54) is 250 Å². The minimum Gasteiger partial charge on any atom is -0.481 e. The number of aliphatic hydroxyl groups excluding tert-OH is 18. The van der Waals surface area contributed by atoms with Crippen molar-refractivity contribution >= 4 is 17.9 Å². The molecule has 0 saturated carbocycles. The van der Waals surface area contributed by atoms with Gasteiger partial charge in [-0.05, 0) is 19.3 Å². The minimum absolute atomic E-state index is 0.345. The molecule has 0 atom stereocenters. The first-order chi connectivity index (χ1) is 46.2. The number of aliphatic carboxylic acids is 3. The molecule has 0 spiro atoms. The van der Waals surface area contributed by atoms with Crippen LogP contribution in [0.2, 0.25) is 0 Å². The summed E-state index contributed by atoms with van der Waals surface area (Å²) in [4.78, 5) is 31.0. The Morgan fingerprint density at radius 3 is 0.323 bits per heavy atom.